The van der Waals surface area contributed by atoms with Crippen LogP contribution in [0.4, 0.5) is 4.79 Å². The summed E-state index contributed by atoms with van der Waals surface area (Å²) in [5.41, 5.74) is 1.87. The van der Waals surface area contributed by atoms with Crippen molar-refractivity contribution in [3.8, 4) is 5.75 Å². The normalized spacial score (nSPS) is 17.7. The molecule has 0 spiro atoms. The van der Waals surface area contributed by atoms with E-state index >= 15 is 0 Å². The summed E-state index contributed by atoms with van der Waals surface area (Å²) < 4.78 is 11.1. The van der Waals surface area contributed by atoms with E-state index in [0.717, 1.165) is 11.3 Å². The van der Waals surface area contributed by atoms with E-state index in [4.69, 9.17) is 14.7 Å². The lowest BCUT2D eigenvalue weighted by Gasteiger charge is -2.43. The third-order valence-electron chi connectivity index (χ3n) is 6.46. The van der Waals surface area contributed by atoms with Gasteiger partial charge in [0.2, 0.25) is 5.91 Å². The number of hydrogen-bond acceptors (Lipinski definition) is 7. The molecule has 2 rings (SSSR count). The summed E-state index contributed by atoms with van der Waals surface area (Å²) in [6.07, 6.45) is 0.00827. The van der Waals surface area contributed by atoms with Gasteiger partial charge in [0.25, 0.3) is 5.91 Å². The maximum Gasteiger partial charge on any atom is 0.410 e. The molecule has 1 aliphatic rings. The van der Waals surface area contributed by atoms with Gasteiger partial charge in [0.05, 0.1) is 18.6 Å². The zero-order chi connectivity index (χ0) is 28.5. The fourth-order valence-corrected chi connectivity index (χ4v) is 4.71. The quantitative estimate of drug-likeness (QED) is 0.293. The molecule has 1 aromatic rings. The zero-order valence-electron chi connectivity index (χ0n) is 23.6. The Bertz CT molecular complexity index is 914. The lowest BCUT2D eigenvalue weighted by molar-refractivity contribution is -0.152. The average Bonchev–Trinajstić information content (AvgIpc) is 2.85. The molecule has 0 bridgehead atoms. The molecule has 1 heterocycles. The Hall–Kier alpha value is -2.85. The smallest absolute Gasteiger partial charge is 0.410 e. The number of ether oxygens (including phenoxy) is 2. The molecule has 10 nitrogen and oxygen atoms in total. The van der Waals surface area contributed by atoms with Crippen molar-refractivity contribution in [3.63, 3.8) is 0 Å². The first-order chi connectivity index (χ1) is 17.9. The first kappa shape index (κ1) is 31.4. The van der Waals surface area contributed by atoms with Crippen LogP contribution in [0.25, 0.3) is 0 Å². The first-order valence-corrected chi connectivity index (χ1v) is 13.5. The van der Waals surface area contributed by atoms with Crippen LogP contribution in [0.15, 0.2) is 24.3 Å². The summed E-state index contributed by atoms with van der Waals surface area (Å²) >= 11 is 0. The van der Waals surface area contributed by atoms with E-state index < -0.39 is 29.6 Å². The largest absolute Gasteiger partial charge is 0.494 e. The molecule has 214 valence electrons. The lowest BCUT2D eigenvalue weighted by atomic mass is 9.91. The van der Waals surface area contributed by atoms with Crippen LogP contribution in [-0.4, -0.2) is 82.0 Å². The van der Waals surface area contributed by atoms with E-state index in [-0.39, 0.29) is 37.4 Å². The zero-order valence-corrected chi connectivity index (χ0v) is 23.6. The summed E-state index contributed by atoms with van der Waals surface area (Å²) in [5, 5.41) is 19.7. The third-order valence-corrected chi connectivity index (χ3v) is 6.46. The molecule has 1 aromatic carbocycles. The lowest BCUT2D eigenvalue weighted by Crippen LogP contribution is -2.59. The minimum atomic E-state index is -1.69. The Morgan fingerprint density at radius 1 is 1.13 bits per heavy atom. The number of amides is 3. The highest BCUT2D eigenvalue weighted by atomic mass is 16.6. The molecule has 1 fully saturated rings. The van der Waals surface area contributed by atoms with Crippen molar-refractivity contribution in [2.24, 2.45) is 11.8 Å². The highest BCUT2D eigenvalue weighted by Gasteiger charge is 2.40. The van der Waals surface area contributed by atoms with Gasteiger partial charge in [-0.1, -0.05) is 26.0 Å². The van der Waals surface area contributed by atoms with Gasteiger partial charge in [-0.25, -0.2) is 10.3 Å². The first-order valence-electron chi connectivity index (χ1n) is 13.5. The topological polar surface area (TPSA) is 129 Å². The fourth-order valence-electron chi connectivity index (χ4n) is 4.71. The van der Waals surface area contributed by atoms with Gasteiger partial charge >= 0.3 is 6.09 Å². The van der Waals surface area contributed by atoms with Gasteiger partial charge in [-0.15, -0.1) is 0 Å². The second-order valence-electron chi connectivity index (χ2n) is 11.2. The predicted octanol–water partition coefficient (Wildman–Crippen LogP) is 3.38. The van der Waals surface area contributed by atoms with Crippen molar-refractivity contribution in [2.45, 2.75) is 85.0 Å². The second kappa shape index (κ2) is 14.3. The minimum Gasteiger partial charge on any atom is -0.494 e. The van der Waals surface area contributed by atoms with Gasteiger partial charge in [0, 0.05) is 19.6 Å². The number of aliphatic hydroxyl groups is 1. The number of hydrogen-bond donors (Lipinski definition) is 3. The Labute approximate surface area is 226 Å². The van der Waals surface area contributed by atoms with Crippen LogP contribution in [0.1, 0.15) is 66.4 Å². The van der Waals surface area contributed by atoms with Crippen molar-refractivity contribution >= 4 is 17.9 Å². The van der Waals surface area contributed by atoms with Gasteiger partial charge < -0.3 is 24.4 Å². The van der Waals surface area contributed by atoms with Crippen molar-refractivity contribution in [1.29, 1.82) is 0 Å². The number of piperazine rings is 1. The van der Waals surface area contributed by atoms with E-state index in [0.29, 0.717) is 32.4 Å². The molecule has 0 aromatic heterocycles. The summed E-state index contributed by atoms with van der Waals surface area (Å²) in [6, 6.07) is 7.41. The van der Waals surface area contributed by atoms with Crippen LogP contribution in [0.3, 0.4) is 0 Å². The molecule has 3 N–H and O–H groups in total. The van der Waals surface area contributed by atoms with Gasteiger partial charge in [-0.05, 0) is 77.0 Å². The van der Waals surface area contributed by atoms with Crippen LogP contribution >= 0.6 is 0 Å². The highest BCUT2D eigenvalue weighted by molar-refractivity contribution is 5.88. The van der Waals surface area contributed by atoms with Crippen LogP contribution in [0.2, 0.25) is 0 Å². The average molecular weight is 536 g/mol. The standard InChI is InChI=1S/C28H45N3O7/c1-7-37-22-13-11-20(12-14-22)9-8-10-23(24(32)25(33)29-36)26(34)30-15-16-31(21(18-30)17-19(2)3)27(35)38-28(4,5)6/h11-14,19,21,23-24,32,36H,7-10,15-18H2,1-6H3,(H,29,33)/t21-,23+,24-/m0/s1. The van der Waals surface area contributed by atoms with Gasteiger partial charge in [0.15, 0.2) is 0 Å². The van der Waals surface area contributed by atoms with Crippen LogP contribution < -0.4 is 10.2 Å². The molecule has 1 saturated heterocycles. The van der Waals surface area contributed by atoms with Crippen molar-refractivity contribution in [1.82, 2.24) is 15.3 Å². The van der Waals surface area contributed by atoms with E-state index in [9.17, 15) is 19.5 Å². The molecule has 10 heteroatoms. The minimum absolute atomic E-state index is 0.252. The van der Waals surface area contributed by atoms with E-state index in [1.807, 2.05) is 65.8 Å². The Morgan fingerprint density at radius 3 is 2.34 bits per heavy atom. The molecular formula is C28H45N3O7. The molecule has 0 radical (unpaired) electrons. The maximum atomic E-state index is 13.6. The summed E-state index contributed by atoms with van der Waals surface area (Å²) in [4.78, 5) is 41.8. The van der Waals surface area contributed by atoms with Gasteiger partial charge in [0.1, 0.15) is 17.5 Å². The SMILES string of the molecule is CCOc1ccc(CCC[C@@H](C(=O)N2CCN(C(=O)OC(C)(C)C)[C@@H](CC(C)C)C2)[C@H](O)C(=O)NO)cc1. The second-order valence-corrected chi connectivity index (χ2v) is 11.2. The van der Waals surface area contributed by atoms with E-state index in [1.165, 1.54) is 5.48 Å². The van der Waals surface area contributed by atoms with Gasteiger partial charge in [-0.2, -0.15) is 0 Å². The summed E-state index contributed by atoms with van der Waals surface area (Å²) in [6.45, 7) is 12.9. The van der Waals surface area contributed by atoms with Crippen LogP contribution in [0, 0.1) is 11.8 Å². The number of nitrogens with one attached hydrogen (secondary N) is 1. The number of rotatable bonds is 11. The van der Waals surface area contributed by atoms with E-state index in [2.05, 4.69) is 0 Å². The number of aliphatic hydroxyl groups excluding tert-OH is 1. The Kier molecular flexibility index (Phi) is 11.8. The Morgan fingerprint density at radius 2 is 1.79 bits per heavy atom. The predicted molar refractivity (Wildman–Crippen MR) is 143 cm³/mol. The number of benzene rings is 1. The molecule has 3 atom stereocenters. The van der Waals surface area contributed by atoms with Crippen molar-refractivity contribution < 1.29 is 34.2 Å². The highest BCUT2D eigenvalue weighted by Crippen LogP contribution is 2.25. The summed E-state index contributed by atoms with van der Waals surface area (Å²) in [7, 11) is 0. The number of hydroxylamine groups is 1. The van der Waals surface area contributed by atoms with E-state index in [1.54, 1.807) is 9.80 Å². The fraction of sp³-hybridized carbons (Fsp3) is 0.679. The number of carbonyl (C=O) groups excluding carboxylic acids is 3. The molecule has 0 aliphatic carbocycles. The molecular weight excluding hydrogens is 490 g/mol. The molecule has 0 unspecified atom stereocenters. The number of carbonyl (C=O) groups is 3. The third kappa shape index (κ3) is 9.47. The van der Waals surface area contributed by atoms with Crippen molar-refractivity contribution in [2.75, 3.05) is 26.2 Å². The maximum absolute atomic E-state index is 13.6. The number of aryl methyl sites for hydroxylation is 1. The van der Waals surface area contributed by atoms with Crippen LogP contribution in [-0.2, 0) is 20.7 Å². The monoisotopic (exact) mass is 535 g/mol. The van der Waals surface area contributed by atoms with Crippen LogP contribution in [0.5, 0.6) is 5.75 Å². The molecule has 38 heavy (non-hydrogen) atoms. The van der Waals surface area contributed by atoms with Crippen molar-refractivity contribution in [3.05, 3.63) is 29.8 Å². The molecule has 0 saturated carbocycles. The molecule has 3 amide bonds. The summed E-state index contributed by atoms with van der Waals surface area (Å²) in [5.74, 6) is -1.37. The number of nitrogens with zero attached hydrogens (tertiary/aromatic N) is 2. The molecule has 1 aliphatic heterocycles. The van der Waals surface area contributed by atoms with Gasteiger partial charge in [-0.3, -0.25) is 14.8 Å². The Balaban J connectivity index is 2.13.